The summed E-state index contributed by atoms with van der Waals surface area (Å²) in [6.07, 6.45) is 2.79. The number of ether oxygens (including phenoxy) is 1. The van der Waals surface area contributed by atoms with Gasteiger partial charge in [0.1, 0.15) is 12.1 Å². The number of imide groups is 1. The van der Waals surface area contributed by atoms with Crippen molar-refractivity contribution in [1.82, 2.24) is 15.5 Å². The maximum atomic E-state index is 12.1. The zero-order chi connectivity index (χ0) is 19.6. The van der Waals surface area contributed by atoms with Crippen molar-refractivity contribution in [3.8, 4) is 0 Å². The molecule has 2 N–H and O–H groups in total. The van der Waals surface area contributed by atoms with Crippen molar-refractivity contribution in [3.63, 3.8) is 0 Å². The van der Waals surface area contributed by atoms with Crippen LogP contribution < -0.4 is 10.6 Å². The first-order valence-electron chi connectivity index (χ1n) is 8.95. The van der Waals surface area contributed by atoms with Crippen molar-refractivity contribution < 1.29 is 23.9 Å². The van der Waals surface area contributed by atoms with Crippen LogP contribution in [0.4, 0.5) is 4.79 Å². The minimum Gasteiger partial charge on any atom is -0.454 e. The third-order valence-corrected chi connectivity index (χ3v) is 4.80. The van der Waals surface area contributed by atoms with Gasteiger partial charge in [0, 0.05) is 0 Å². The predicted octanol–water partition coefficient (Wildman–Crippen LogP) is 1.05. The molecule has 144 valence electrons. The summed E-state index contributed by atoms with van der Waals surface area (Å²) in [5, 5.41) is 5.36. The van der Waals surface area contributed by atoms with Crippen LogP contribution in [0.2, 0.25) is 0 Å². The van der Waals surface area contributed by atoms with Crippen LogP contribution in [0, 0.1) is 0 Å². The molecule has 1 aromatic rings. The molecule has 8 nitrogen and oxygen atoms in total. The van der Waals surface area contributed by atoms with Gasteiger partial charge in [-0.05, 0) is 44.2 Å². The van der Waals surface area contributed by atoms with E-state index in [1.165, 1.54) is 5.56 Å². The van der Waals surface area contributed by atoms with Crippen LogP contribution in [0.25, 0.3) is 0 Å². The molecule has 1 heterocycles. The number of fused-ring (bicyclic) bond motifs is 1. The Balaban J connectivity index is 1.49. The zero-order valence-electron chi connectivity index (χ0n) is 15.4. The fourth-order valence-corrected chi connectivity index (χ4v) is 3.42. The minimum atomic E-state index is -1.05. The van der Waals surface area contributed by atoms with Crippen molar-refractivity contribution in [3.05, 3.63) is 35.4 Å². The van der Waals surface area contributed by atoms with Crippen molar-refractivity contribution in [1.29, 1.82) is 0 Å². The van der Waals surface area contributed by atoms with Crippen molar-refractivity contribution in [2.75, 3.05) is 13.2 Å². The molecule has 1 saturated heterocycles. The van der Waals surface area contributed by atoms with E-state index in [4.69, 9.17) is 4.74 Å². The second kappa shape index (κ2) is 7.38. The summed E-state index contributed by atoms with van der Waals surface area (Å²) in [4.78, 5) is 48.7. The van der Waals surface area contributed by atoms with Crippen LogP contribution in [0.15, 0.2) is 24.3 Å². The lowest BCUT2D eigenvalue weighted by Gasteiger charge is -2.26. The van der Waals surface area contributed by atoms with Crippen molar-refractivity contribution >= 4 is 23.8 Å². The van der Waals surface area contributed by atoms with E-state index in [-0.39, 0.29) is 6.04 Å². The predicted molar refractivity (Wildman–Crippen MR) is 95.5 cm³/mol. The Labute approximate surface area is 157 Å². The average molecular weight is 373 g/mol. The first-order valence-corrected chi connectivity index (χ1v) is 8.95. The molecule has 0 aromatic heterocycles. The van der Waals surface area contributed by atoms with Crippen LogP contribution in [0.3, 0.4) is 0 Å². The van der Waals surface area contributed by atoms with Gasteiger partial charge in [0.15, 0.2) is 6.61 Å². The summed E-state index contributed by atoms with van der Waals surface area (Å²) in [5.74, 6) is -1.73. The van der Waals surface area contributed by atoms with Crippen LogP contribution >= 0.6 is 0 Å². The van der Waals surface area contributed by atoms with E-state index in [1.807, 2.05) is 24.3 Å². The van der Waals surface area contributed by atoms with E-state index in [0.717, 1.165) is 29.7 Å². The number of carbonyl (C=O) groups is 4. The summed E-state index contributed by atoms with van der Waals surface area (Å²) < 4.78 is 4.94. The lowest BCUT2D eigenvalue weighted by Crippen LogP contribution is -2.41. The molecular formula is C19H23N3O5. The smallest absolute Gasteiger partial charge is 0.326 e. The van der Waals surface area contributed by atoms with E-state index in [2.05, 4.69) is 10.6 Å². The number of amides is 4. The number of esters is 1. The quantitative estimate of drug-likeness (QED) is 0.593. The van der Waals surface area contributed by atoms with Gasteiger partial charge >= 0.3 is 12.0 Å². The third kappa shape index (κ3) is 4.10. The van der Waals surface area contributed by atoms with Gasteiger partial charge in [-0.2, -0.15) is 0 Å². The maximum absolute atomic E-state index is 12.1. The number of benzene rings is 1. The number of aryl methyl sites for hydroxylation is 1. The molecular weight excluding hydrogens is 350 g/mol. The molecule has 3 rings (SSSR count). The van der Waals surface area contributed by atoms with E-state index in [9.17, 15) is 19.2 Å². The summed E-state index contributed by atoms with van der Waals surface area (Å²) in [6, 6.07) is 7.20. The molecule has 0 saturated carbocycles. The van der Waals surface area contributed by atoms with Gasteiger partial charge in [0.05, 0.1) is 6.04 Å². The highest BCUT2D eigenvalue weighted by atomic mass is 16.5. The molecule has 0 spiro atoms. The Morgan fingerprint density at radius 1 is 1.30 bits per heavy atom. The van der Waals surface area contributed by atoms with E-state index < -0.39 is 42.5 Å². The van der Waals surface area contributed by atoms with Crippen LogP contribution in [-0.2, 0) is 25.5 Å². The highest BCUT2D eigenvalue weighted by Gasteiger charge is 2.45. The van der Waals surface area contributed by atoms with Crippen LogP contribution in [0.1, 0.15) is 43.9 Å². The number of nitrogens with zero attached hydrogens (tertiary/aromatic N) is 1. The maximum Gasteiger partial charge on any atom is 0.326 e. The van der Waals surface area contributed by atoms with E-state index in [0.29, 0.717) is 0 Å². The fraction of sp³-hybridized carbons (Fsp3) is 0.474. The average Bonchev–Trinajstić information content (AvgIpc) is 2.82. The topological polar surface area (TPSA) is 105 Å². The molecule has 0 bridgehead atoms. The largest absolute Gasteiger partial charge is 0.454 e. The molecule has 1 aliphatic carbocycles. The fourth-order valence-electron chi connectivity index (χ4n) is 3.42. The molecule has 27 heavy (non-hydrogen) atoms. The number of rotatable bonds is 5. The standard InChI is InChI=1S/C19H23N3O5/c1-19(2)17(25)22(18(26)21-19)10-16(24)27-11-15(23)20-14-9-5-7-12-6-3-4-8-13(12)14/h3-4,6,8,14H,5,7,9-11H2,1-2H3,(H,20,23)(H,21,26)/t14-/m0/s1. The Bertz CT molecular complexity index is 789. The van der Waals surface area contributed by atoms with E-state index >= 15 is 0 Å². The van der Waals surface area contributed by atoms with Gasteiger partial charge in [0.25, 0.3) is 11.8 Å². The normalized spacial score (nSPS) is 20.7. The van der Waals surface area contributed by atoms with Gasteiger partial charge in [-0.25, -0.2) is 4.79 Å². The first-order chi connectivity index (χ1) is 12.8. The molecule has 2 aliphatic rings. The second-order valence-electron chi connectivity index (χ2n) is 7.32. The summed E-state index contributed by atoms with van der Waals surface area (Å²) >= 11 is 0. The number of carbonyl (C=O) groups excluding carboxylic acids is 4. The number of nitrogens with one attached hydrogen (secondary N) is 2. The third-order valence-electron chi connectivity index (χ3n) is 4.80. The second-order valence-corrected chi connectivity index (χ2v) is 7.32. The Hall–Kier alpha value is -2.90. The van der Waals surface area contributed by atoms with Gasteiger partial charge in [-0.1, -0.05) is 24.3 Å². The zero-order valence-corrected chi connectivity index (χ0v) is 15.4. The molecule has 4 amide bonds. The molecule has 8 heteroatoms. The highest BCUT2D eigenvalue weighted by Crippen LogP contribution is 2.29. The van der Waals surface area contributed by atoms with Gasteiger partial charge in [-0.3, -0.25) is 19.3 Å². The lowest BCUT2D eigenvalue weighted by molar-refractivity contribution is -0.151. The van der Waals surface area contributed by atoms with Crippen molar-refractivity contribution in [2.24, 2.45) is 0 Å². The van der Waals surface area contributed by atoms with Gasteiger partial charge < -0.3 is 15.4 Å². The van der Waals surface area contributed by atoms with Crippen LogP contribution in [0.5, 0.6) is 0 Å². The summed E-state index contributed by atoms with van der Waals surface area (Å²) in [6.45, 7) is 2.13. The van der Waals surface area contributed by atoms with Gasteiger partial charge in [-0.15, -0.1) is 0 Å². The molecule has 1 aromatic carbocycles. The summed E-state index contributed by atoms with van der Waals surface area (Å²) in [7, 11) is 0. The van der Waals surface area contributed by atoms with E-state index in [1.54, 1.807) is 13.8 Å². The number of hydrogen-bond acceptors (Lipinski definition) is 5. The van der Waals surface area contributed by atoms with Crippen molar-refractivity contribution in [2.45, 2.75) is 44.7 Å². The minimum absolute atomic E-state index is 0.104. The Kier molecular flexibility index (Phi) is 5.16. The monoisotopic (exact) mass is 373 g/mol. The molecule has 1 atom stereocenters. The molecule has 1 fully saturated rings. The Morgan fingerprint density at radius 3 is 2.74 bits per heavy atom. The first kappa shape index (κ1) is 18.9. The molecule has 1 aliphatic heterocycles. The lowest BCUT2D eigenvalue weighted by atomic mass is 9.88. The molecule has 0 unspecified atom stereocenters. The number of urea groups is 1. The highest BCUT2D eigenvalue weighted by molar-refractivity contribution is 6.08. The van der Waals surface area contributed by atoms with Gasteiger partial charge in [0.2, 0.25) is 0 Å². The Morgan fingerprint density at radius 2 is 2.04 bits per heavy atom. The number of hydrogen-bond donors (Lipinski definition) is 2. The van der Waals surface area contributed by atoms with Crippen LogP contribution in [-0.4, -0.2) is 47.4 Å². The molecule has 0 radical (unpaired) electrons. The SMILES string of the molecule is CC1(C)NC(=O)N(CC(=O)OCC(=O)N[C@H]2CCCc3ccccc32)C1=O. The summed E-state index contributed by atoms with van der Waals surface area (Å²) in [5.41, 5.74) is 1.25.